The monoisotopic (exact) mass is 422 g/mol. The van der Waals surface area contributed by atoms with Crippen LogP contribution in [0.15, 0.2) is 60.0 Å². The first-order valence-corrected chi connectivity index (χ1v) is 10.8. The Kier molecular flexibility index (Phi) is 5.95. The van der Waals surface area contributed by atoms with Crippen molar-refractivity contribution in [1.29, 1.82) is 0 Å². The molecule has 1 atom stereocenters. The molecule has 6 heteroatoms. The molecule has 0 spiro atoms. The summed E-state index contributed by atoms with van der Waals surface area (Å²) < 4.78 is 14.0. The van der Waals surface area contributed by atoms with Crippen molar-refractivity contribution in [3.8, 4) is 11.1 Å². The Morgan fingerprint density at radius 1 is 1.20 bits per heavy atom. The van der Waals surface area contributed by atoms with Crippen LogP contribution in [0, 0.1) is 18.7 Å². The highest BCUT2D eigenvalue weighted by molar-refractivity contribution is 7.10. The Labute approximate surface area is 179 Å². The molecule has 4 nitrogen and oxygen atoms in total. The van der Waals surface area contributed by atoms with Crippen LogP contribution in [0.25, 0.3) is 11.1 Å². The van der Waals surface area contributed by atoms with Crippen LogP contribution in [0.4, 0.5) is 4.39 Å². The van der Waals surface area contributed by atoms with Gasteiger partial charge in [0, 0.05) is 35.5 Å². The molecule has 0 radical (unpaired) electrons. The number of hydrogen-bond acceptors (Lipinski definition) is 3. The number of aryl methyl sites for hydroxylation is 1. The molecule has 1 fully saturated rings. The topological polar surface area (TPSA) is 49.4 Å². The van der Waals surface area contributed by atoms with Gasteiger partial charge in [-0.05, 0) is 36.6 Å². The molecule has 0 aliphatic carbocycles. The third kappa shape index (κ3) is 4.44. The predicted octanol–water partition coefficient (Wildman–Crippen LogP) is 4.29. The zero-order valence-corrected chi connectivity index (χ0v) is 17.5. The summed E-state index contributed by atoms with van der Waals surface area (Å²) in [5.41, 5.74) is 3.02. The molecular formula is C24H23FN2O2S. The minimum absolute atomic E-state index is 0.0317. The van der Waals surface area contributed by atoms with Crippen molar-refractivity contribution < 1.29 is 14.0 Å². The maximum absolute atomic E-state index is 14.0. The molecule has 1 aromatic heterocycles. The average molecular weight is 423 g/mol. The number of nitrogens with zero attached hydrogens (tertiary/aromatic N) is 1. The zero-order chi connectivity index (χ0) is 21.1. The minimum atomic E-state index is -0.324. The van der Waals surface area contributed by atoms with Crippen LogP contribution >= 0.6 is 11.3 Å². The van der Waals surface area contributed by atoms with Crippen molar-refractivity contribution in [3.05, 3.63) is 81.8 Å². The van der Waals surface area contributed by atoms with Crippen molar-refractivity contribution in [2.75, 3.05) is 19.6 Å². The molecule has 2 aromatic carbocycles. The van der Waals surface area contributed by atoms with Crippen LogP contribution in [0.2, 0.25) is 0 Å². The molecule has 4 rings (SSSR count). The van der Waals surface area contributed by atoms with Crippen LogP contribution < -0.4 is 5.32 Å². The van der Waals surface area contributed by atoms with E-state index in [1.807, 2.05) is 48.7 Å². The Hall–Kier alpha value is -2.99. The summed E-state index contributed by atoms with van der Waals surface area (Å²) in [6, 6.07) is 16.2. The summed E-state index contributed by atoms with van der Waals surface area (Å²) in [5, 5.41) is 4.79. The molecular weight excluding hydrogens is 399 g/mol. The molecule has 1 N–H and O–H groups in total. The van der Waals surface area contributed by atoms with E-state index in [1.54, 1.807) is 28.4 Å². The van der Waals surface area contributed by atoms with Crippen molar-refractivity contribution in [1.82, 2.24) is 10.2 Å². The van der Waals surface area contributed by atoms with Gasteiger partial charge >= 0.3 is 0 Å². The first-order valence-electron chi connectivity index (χ1n) is 9.97. The van der Waals surface area contributed by atoms with E-state index in [0.29, 0.717) is 37.2 Å². The molecule has 0 bridgehead atoms. The smallest absolute Gasteiger partial charge is 0.254 e. The Morgan fingerprint density at radius 3 is 2.67 bits per heavy atom. The lowest BCUT2D eigenvalue weighted by atomic mass is 9.96. The van der Waals surface area contributed by atoms with E-state index in [2.05, 4.69) is 5.32 Å². The van der Waals surface area contributed by atoms with Gasteiger partial charge in [-0.1, -0.05) is 42.5 Å². The van der Waals surface area contributed by atoms with Gasteiger partial charge in [0.1, 0.15) is 5.82 Å². The van der Waals surface area contributed by atoms with E-state index in [9.17, 15) is 14.0 Å². The number of benzene rings is 2. The fourth-order valence-electron chi connectivity index (χ4n) is 3.78. The van der Waals surface area contributed by atoms with Crippen molar-refractivity contribution in [3.63, 3.8) is 0 Å². The summed E-state index contributed by atoms with van der Waals surface area (Å²) in [5.74, 6) is -0.651. The average Bonchev–Trinajstić information content (AvgIpc) is 3.10. The number of carbonyl (C=O) groups excluding carboxylic acids is 2. The van der Waals surface area contributed by atoms with Crippen molar-refractivity contribution >= 4 is 23.2 Å². The van der Waals surface area contributed by atoms with Gasteiger partial charge in [-0.25, -0.2) is 4.39 Å². The molecule has 2 amide bonds. The first kappa shape index (κ1) is 20.3. The number of halogens is 1. The minimum Gasteiger partial charge on any atom is -0.354 e. The molecule has 1 aliphatic heterocycles. The summed E-state index contributed by atoms with van der Waals surface area (Å²) >= 11 is 1.55. The molecule has 0 saturated carbocycles. The van der Waals surface area contributed by atoms with Crippen molar-refractivity contribution in [2.45, 2.75) is 13.3 Å². The lowest BCUT2D eigenvalue weighted by Gasteiger charge is -2.23. The van der Waals surface area contributed by atoms with Gasteiger partial charge in [-0.2, -0.15) is 0 Å². The van der Waals surface area contributed by atoms with Gasteiger partial charge in [-0.3, -0.25) is 9.59 Å². The van der Waals surface area contributed by atoms with Gasteiger partial charge in [0.15, 0.2) is 0 Å². The Bertz CT molecular complexity index is 1060. The summed E-state index contributed by atoms with van der Waals surface area (Å²) in [4.78, 5) is 28.3. The highest BCUT2D eigenvalue weighted by atomic mass is 32.1. The van der Waals surface area contributed by atoms with E-state index in [-0.39, 0.29) is 23.5 Å². The van der Waals surface area contributed by atoms with Gasteiger partial charge < -0.3 is 10.2 Å². The van der Waals surface area contributed by atoms with E-state index in [0.717, 1.165) is 16.0 Å². The summed E-state index contributed by atoms with van der Waals surface area (Å²) in [7, 11) is 0. The number of nitrogens with one attached hydrogen (secondary N) is 1. The first-order chi connectivity index (χ1) is 14.5. The second-order valence-corrected chi connectivity index (χ2v) is 8.68. The third-order valence-corrected chi connectivity index (χ3v) is 6.24. The quantitative estimate of drug-likeness (QED) is 0.682. The van der Waals surface area contributed by atoms with E-state index in [4.69, 9.17) is 0 Å². The molecule has 1 aliphatic rings. The van der Waals surface area contributed by atoms with Crippen LogP contribution in [-0.4, -0.2) is 36.3 Å². The molecule has 2 heterocycles. The largest absolute Gasteiger partial charge is 0.354 e. The maximum Gasteiger partial charge on any atom is 0.254 e. The highest BCUT2D eigenvalue weighted by Crippen LogP contribution is 2.24. The predicted molar refractivity (Wildman–Crippen MR) is 117 cm³/mol. The highest BCUT2D eigenvalue weighted by Gasteiger charge is 2.28. The second kappa shape index (κ2) is 8.79. The molecule has 154 valence electrons. The number of thiophene rings is 1. The SMILES string of the molecule is Cc1cc(C(=O)N2CCNC(=O)[C@@H](Cc3ccc(-c4ccccc4F)cc3)C2)cs1. The molecule has 0 unspecified atom stereocenters. The normalized spacial score (nSPS) is 16.8. The van der Waals surface area contributed by atoms with E-state index < -0.39 is 0 Å². The van der Waals surface area contributed by atoms with Crippen molar-refractivity contribution in [2.24, 2.45) is 5.92 Å². The fourth-order valence-corrected chi connectivity index (χ4v) is 4.46. The number of amides is 2. The van der Waals surface area contributed by atoms with E-state index >= 15 is 0 Å². The van der Waals surface area contributed by atoms with Gasteiger partial charge in [-0.15, -0.1) is 11.3 Å². The Morgan fingerprint density at radius 2 is 1.97 bits per heavy atom. The fraction of sp³-hybridized carbons (Fsp3) is 0.250. The number of rotatable bonds is 4. The zero-order valence-electron chi connectivity index (χ0n) is 16.7. The van der Waals surface area contributed by atoms with E-state index in [1.165, 1.54) is 6.07 Å². The lowest BCUT2D eigenvalue weighted by molar-refractivity contribution is -0.124. The summed E-state index contributed by atoms with van der Waals surface area (Å²) in [6.45, 7) is 3.32. The Balaban J connectivity index is 1.49. The maximum atomic E-state index is 14.0. The summed E-state index contributed by atoms with van der Waals surface area (Å²) in [6.07, 6.45) is 0.524. The third-order valence-electron chi connectivity index (χ3n) is 5.38. The second-order valence-electron chi connectivity index (χ2n) is 7.57. The van der Waals surface area contributed by atoms with Crippen LogP contribution in [0.3, 0.4) is 0 Å². The molecule has 1 saturated heterocycles. The number of carbonyl (C=O) groups is 2. The number of hydrogen-bond donors (Lipinski definition) is 1. The van der Waals surface area contributed by atoms with Gasteiger partial charge in [0.05, 0.1) is 11.5 Å². The standard InChI is InChI=1S/C24H23FN2O2S/c1-16-12-20(15-30-16)24(29)27-11-10-26-23(28)19(14-27)13-17-6-8-18(9-7-17)21-4-2-3-5-22(21)25/h2-9,12,15,19H,10-11,13-14H2,1H3,(H,26,28)/t19-/m0/s1. The van der Waals surface area contributed by atoms with Gasteiger partial charge in [0.2, 0.25) is 5.91 Å². The molecule has 30 heavy (non-hydrogen) atoms. The van der Waals surface area contributed by atoms with Crippen LogP contribution in [-0.2, 0) is 11.2 Å². The van der Waals surface area contributed by atoms with Gasteiger partial charge in [0.25, 0.3) is 5.91 Å². The molecule has 3 aromatic rings. The van der Waals surface area contributed by atoms with Crippen LogP contribution in [0.5, 0.6) is 0 Å². The lowest BCUT2D eigenvalue weighted by Crippen LogP contribution is -2.37. The van der Waals surface area contributed by atoms with Crippen LogP contribution in [0.1, 0.15) is 20.8 Å².